The number of hydrogen-bond acceptors (Lipinski definition) is 6. The highest BCUT2D eigenvalue weighted by Crippen LogP contribution is 2.20. The van der Waals surface area contributed by atoms with Crippen molar-refractivity contribution in [3.63, 3.8) is 0 Å². The molecule has 0 amide bonds. The monoisotopic (exact) mass is 394 g/mol. The molecule has 1 aliphatic rings. The van der Waals surface area contributed by atoms with Crippen LogP contribution >= 0.6 is 0 Å². The third kappa shape index (κ3) is 5.34. The minimum Gasteiger partial charge on any atom is -0.497 e. The Morgan fingerprint density at radius 3 is 2.72 bits per heavy atom. The smallest absolute Gasteiger partial charge is 0.135 e. The Labute approximate surface area is 172 Å². The molecule has 1 fully saturated rings. The van der Waals surface area contributed by atoms with Crippen LogP contribution in [0.2, 0.25) is 0 Å². The maximum atomic E-state index is 5.25. The Morgan fingerprint density at radius 1 is 1.10 bits per heavy atom. The summed E-state index contributed by atoms with van der Waals surface area (Å²) in [5.41, 5.74) is 4.28. The topological polar surface area (TPSA) is 54.6 Å². The van der Waals surface area contributed by atoms with Gasteiger partial charge >= 0.3 is 0 Å². The number of fused-ring (bicyclic) bond motifs is 1. The minimum absolute atomic E-state index is 0.724. The number of aromatic nitrogens is 2. The Morgan fingerprint density at radius 2 is 1.90 bits per heavy atom. The lowest BCUT2D eigenvalue weighted by molar-refractivity contribution is 0.142. The summed E-state index contributed by atoms with van der Waals surface area (Å²) in [6.45, 7) is 5.57. The number of likely N-dealkylation sites (tertiary alicyclic amines) is 1. The first-order chi connectivity index (χ1) is 14.2. The molecule has 29 heavy (non-hydrogen) atoms. The Kier molecular flexibility index (Phi) is 6.42. The van der Waals surface area contributed by atoms with Crippen LogP contribution in [0.25, 0.3) is 11.0 Å². The SMILES string of the molecule is COc1ccc(CCN2CCC[C@@H](CN(C)Cc3ccc4nonc4c3)C2)cc1. The second-order valence-electron chi connectivity index (χ2n) is 8.19. The molecule has 0 bridgehead atoms. The van der Waals surface area contributed by atoms with Crippen molar-refractivity contribution >= 4 is 11.0 Å². The third-order valence-corrected chi connectivity index (χ3v) is 5.82. The third-order valence-electron chi connectivity index (χ3n) is 5.82. The van der Waals surface area contributed by atoms with Crippen LogP contribution in [0, 0.1) is 5.92 Å². The number of benzene rings is 2. The molecule has 2 aromatic carbocycles. The van der Waals surface area contributed by atoms with Crippen LogP contribution in [-0.4, -0.2) is 60.4 Å². The van der Waals surface area contributed by atoms with Crippen molar-refractivity contribution in [1.82, 2.24) is 20.1 Å². The van der Waals surface area contributed by atoms with Gasteiger partial charge in [-0.15, -0.1) is 0 Å². The largest absolute Gasteiger partial charge is 0.497 e. The standard InChI is InChI=1S/C23H30N4O2/c1-26(15-19-7-10-22-23(14-19)25-29-24-22)16-20-4-3-12-27(17-20)13-11-18-5-8-21(28-2)9-6-18/h5-10,14,20H,3-4,11-13,15-17H2,1-2H3/t20-/m0/s1. The second-order valence-corrected chi connectivity index (χ2v) is 8.19. The maximum absolute atomic E-state index is 5.25. The van der Waals surface area contributed by atoms with Gasteiger partial charge in [0.25, 0.3) is 0 Å². The molecule has 0 unspecified atom stereocenters. The highest BCUT2D eigenvalue weighted by atomic mass is 16.6. The van der Waals surface area contributed by atoms with E-state index in [0.717, 1.165) is 48.8 Å². The van der Waals surface area contributed by atoms with Crippen LogP contribution < -0.4 is 4.74 Å². The molecule has 6 heteroatoms. The first kappa shape index (κ1) is 19.9. The number of rotatable bonds is 8. The Bertz CT molecular complexity index is 909. The van der Waals surface area contributed by atoms with Crippen LogP contribution in [0.15, 0.2) is 47.1 Å². The highest BCUT2D eigenvalue weighted by Gasteiger charge is 2.21. The van der Waals surface area contributed by atoms with Gasteiger partial charge in [0.2, 0.25) is 0 Å². The number of methoxy groups -OCH3 is 1. The van der Waals surface area contributed by atoms with Crippen molar-refractivity contribution in [2.24, 2.45) is 5.92 Å². The van der Waals surface area contributed by atoms with Gasteiger partial charge in [0.15, 0.2) is 0 Å². The van der Waals surface area contributed by atoms with Crippen LogP contribution in [-0.2, 0) is 13.0 Å². The predicted octanol–water partition coefficient (Wildman–Crippen LogP) is 3.62. The molecular formula is C23H30N4O2. The van der Waals surface area contributed by atoms with Gasteiger partial charge in [0.05, 0.1) is 7.11 Å². The van der Waals surface area contributed by atoms with Gasteiger partial charge < -0.3 is 14.5 Å². The van der Waals surface area contributed by atoms with Gasteiger partial charge in [-0.2, -0.15) is 0 Å². The van der Waals surface area contributed by atoms with Crippen molar-refractivity contribution in [1.29, 1.82) is 0 Å². The van der Waals surface area contributed by atoms with Gasteiger partial charge in [0.1, 0.15) is 16.8 Å². The zero-order valence-electron chi connectivity index (χ0n) is 17.4. The summed E-state index contributed by atoms with van der Waals surface area (Å²) >= 11 is 0. The molecule has 0 saturated carbocycles. The summed E-state index contributed by atoms with van der Waals surface area (Å²) in [5.74, 6) is 1.65. The summed E-state index contributed by atoms with van der Waals surface area (Å²) in [6.07, 6.45) is 3.70. The van der Waals surface area contributed by atoms with E-state index in [1.807, 2.05) is 6.07 Å². The molecule has 0 aliphatic carbocycles. The zero-order chi connectivity index (χ0) is 20.1. The van der Waals surface area contributed by atoms with Gasteiger partial charge in [-0.25, -0.2) is 4.63 Å². The predicted molar refractivity (Wildman–Crippen MR) is 114 cm³/mol. The number of piperidine rings is 1. The van der Waals surface area contributed by atoms with Crippen molar-refractivity contribution < 1.29 is 9.37 Å². The zero-order valence-corrected chi connectivity index (χ0v) is 17.4. The van der Waals surface area contributed by atoms with E-state index in [1.54, 1.807) is 7.11 Å². The van der Waals surface area contributed by atoms with E-state index in [0.29, 0.717) is 0 Å². The second kappa shape index (κ2) is 9.37. The van der Waals surface area contributed by atoms with Gasteiger partial charge in [0, 0.05) is 26.2 Å². The lowest BCUT2D eigenvalue weighted by atomic mass is 9.97. The number of ether oxygens (including phenoxy) is 1. The van der Waals surface area contributed by atoms with E-state index in [2.05, 4.69) is 63.6 Å². The molecule has 2 heterocycles. The first-order valence-corrected chi connectivity index (χ1v) is 10.4. The van der Waals surface area contributed by atoms with E-state index < -0.39 is 0 Å². The first-order valence-electron chi connectivity index (χ1n) is 10.4. The van der Waals surface area contributed by atoms with Gasteiger partial charge in [-0.1, -0.05) is 18.2 Å². The van der Waals surface area contributed by atoms with E-state index in [4.69, 9.17) is 9.37 Å². The summed E-state index contributed by atoms with van der Waals surface area (Å²) in [5, 5.41) is 7.83. The molecule has 1 saturated heterocycles. The van der Waals surface area contributed by atoms with Crippen molar-refractivity contribution in [2.45, 2.75) is 25.8 Å². The maximum Gasteiger partial charge on any atom is 0.135 e. The molecule has 154 valence electrons. The van der Waals surface area contributed by atoms with Crippen LogP contribution in [0.5, 0.6) is 5.75 Å². The van der Waals surface area contributed by atoms with E-state index in [1.165, 1.54) is 37.1 Å². The summed E-state index contributed by atoms with van der Waals surface area (Å²) in [7, 11) is 3.92. The fraction of sp³-hybridized carbons (Fsp3) is 0.478. The Hall–Kier alpha value is -2.44. The van der Waals surface area contributed by atoms with Crippen LogP contribution in [0.3, 0.4) is 0 Å². The van der Waals surface area contributed by atoms with Crippen LogP contribution in [0.1, 0.15) is 24.0 Å². The lowest BCUT2D eigenvalue weighted by Gasteiger charge is -2.34. The molecule has 0 N–H and O–H groups in total. The van der Waals surface area contributed by atoms with Crippen molar-refractivity contribution in [2.75, 3.05) is 40.3 Å². The van der Waals surface area contributed by atoms with E-state index in [-0.39, 0.29) is 0 Å². The summed E-state index contributed by atoms with van der Waals surface area (Å²) < 4.78 is 10.0. The molecule has 1 atom stereocenters. The quantitative estimate of drug-likeness (QED) is 0.582. The average molecular weight is 395 g/mol. The molecule has 6 nitrogen and oxygen atoms in total. The van der Waals surface area contributed by atoms with Crippen molar-refractivity contribution in [3.8, 4) is 5.75 Å². The molecule has 1 aliphatic heterocycles. The summed E-state index contributed by atoms with van der Waals surface area (Å²) in [6, 6.07) is 14.6. The Balaban J connectivity index is 1.25. The number of hydrogen-bond donors (Lipinski definition) is 0. The molecule has 0 spiro atoms. The van der Waals surface area contributed by atoms with Crippen molar-refractivity contribution in [3.05, 3.63) is 53.6 Å². The summed E-state index contributed by atoms with van der Waals surface area (Å²) in [4.78, 5) is 5.05. The molecule has 4 rings (SSSR count). The molecule has 1 aromatic heterocycles. The van der Waals surface area contributed by atoms with Gasteiger partial charge in [-0.3, -0.25) is 0 Å². The average Bonchev–Trinajstić information content (AvgIpc) is 3.21. The molecular weight excluding hydrogens is 364 g/mol. The number of nitrogens with zero attached hydrogens (tertiary/aromatic N) is 4. The van der Waals surface area contributed by atoms with E-state index in [9.17, 15) is 0 Å². The van der Waals surface area contributed by atoms with Crippen LogP contribution in [0.4, 0.5) is 0 Å². The normalized spacial score (nSPS) is 17.8. The van der Waals surface area contributed by atoms with E-state index >= 15 is 0 Å². The fourth-order valence-electron chi connectivity index (χ4n) is 4.33. The van der Waals surface area contributed by atoms with Gasteiger partial charge in [-0.05, 0) is 84.5 Å². The minimum atomic E-state index is 0.724. The lowest BCUT2D eigenvalue weighted by Crippen LogP contribution is -2.40. The molecule has 3 aromatic rings. The molecule has 0 radical (unpaired) electrons. The highest BCUT2D eigenvalue weighted by molar-refractivity contribution is 5.73. The fourth-order valence-corrected chi connectivity index (χ4v) is 4.33.